The van der Waals surface area contributed by atoms with Crippen LogP contribution >= 0.6 is 0 Å². The topological polar surface area (TPSA) is 90.7 Å². The van der Waals surface area contributed by atoms with Crippen molar-refractivity contribution in [1.29, 1.82) is 0 Å². The molecular formula is C19H20N2O5S. The standard InChI is InChI=1S/C19H20N2O5S/c1-13-16(21-19(26-13)14-7-5-4-6-8-14)12-20-27(22,23)15-9-10-17(24-2)18(11-15)25-3/h4-11,20H,12H2,1-3H3. The smallest absolute Gasteiger partial charge is 0.241 e. The van der Waals surface area contributed by atoms with E-state index in [0.717, 1.165) is 5.56 Å². The Morgan fingerprint density at radius 1 is 1.04 bits per heavy atom. The molecule has 3 aromatic rings. The Morgan fingerprint density at radius 2 is 1.74 bits per heavy atom. The average Bonchev–Trinajstić information content (AvgIpc) is 3.07. The fourth-order valence-corrected chi connectivity index (χ4v) is 3.53. The van der Waals surface area contributed by atoms with Crippen LogP contribution in [-0.4, -0.2) is 27.6 Å². The Balaban J connectivity index is 1.79. The number of hydrogen-bond acceptors (Lipinski definition) is 6. The summed E-state index contributed by atoms with van der Waals surface area (Å²) >= 11 is 0. The first-order chi connectivity index (χ1) is 12.9. The summed E-state index contributed by atoms with van der Waals surface area (Å²) in [6.45, 7) is 1.76. The molecule has 1 N–H and O–H groups in total. The van der Waals surface area contributed by atoms with Crippen molar-refractivity contribution >= 4 is 10.0 Å². The lowest BCUT2D eigenvalue weighted by Crippen LogP contribution is -2.23. The maximum absolute atomic E-state index is 12.6. The molecule has 0 aliphatic carbocycles. The van der Waals surface area contributed by atoms with E-state index in [2.05, 4.69) is 9.71 Å². The predicted octanol–water partition coefficient (Wildman–Crippen LogP) is 3.15. The van der Waals surface area contributed by atoms with Crippen LogP contribution in [0.3, 0.4) is 0 Å². The van der Waals surface area contributed by atoms with E-state index in [1.54, 1.807) is 13.0 Å². The van der Waals surface area contributed by atoms with Gasteiger partial charge in [-0.1, -0.05) is 18.2 Å². The minimum atomic E-state index is -3.76. The first-order valence-corrected chi connectivity index (χ1v) is 9.66. The van der Waals surface area contributed by atoms with E-state index in [1.807, 2.05) is 30.3 Å². The molecule has 0 unspecified atom stereocenters. The van der Waals surface area contributed by atoms with Crippen molar-refractivity contribution in [2.24, 2.45) is 0 Å². The molecule has 0 aliphatic rings. The summed E-state index contributed by atoms with van der Waals surface area (Å²) < 4.78 is 43.7. The molecule has 1 heterocycles. The third-order valence-electron chi connectivity index (χ3n) is 4.01. The van der Waals surface area contributed by atoms with E-state index >= 15 is 0 Å². The first-order valence-electron chi connectivity index (χ1n) is 8.18. The fraction of sp³-hybridized carbons (Fsp3) is 0.211. The number of nitrogens with zero attached hydrogens (tertiary/aromatic N) is 1. The van der Waals surface area contributed by atoms with E-state index in [1.165, 1.54) is 26.4 Å². The third-order valence-corrected chi connectivity index (χ3v) is 5.41. The van der Waals surface area contributed by atoms with Crippen molar-refractivity contribution in [2.75, 3.05) is 14.2 Å². The van der Waals surface area contributed by atoms with Crippen LogP contribution < -0.4 is 14.2 Å². The molecule has 2 aromatic carbocycles. The predicted molar refractivity (Wildman–Crippen MR) is 100 cm³/mol. The van der Waals surface area contributed by atoms with Gasteiger partial charge in [-0.25, -0.2) is 18.1 Å². The van der Waals surface area contributed by atoms with Crippen molar-refractivity contribution in [3.8, 4) is 23.0 Å². The van der Waals surface area contributed by atoms with Gasteiger partial charge in [-0.05, 0) is 31.2 Å². The maximum Gasteiger partial charge on any atom is 0.241 e. The third kappa shape index (κ3) is 4.12. The van der Waals surface area contributed by atoms with Gasteiger partial charge in [0, 0.05) is 11.6 Å². The number of hydrogen-bond donors (Lipinski definition) is 1. The van der Waals surface area contributed by atoms with Gasteiger partial charge >= 0.3 is 0 Å². The van der Waals surface area contributed by atoms with Crippen LogP contribution in [0.1, 0.15) is 11.5 Å². The molecule has 0 saturated heterocycles. The molecule has 3 rings (SSSR count). The van der Waals surface area contributed by atoms with E-state index < -0.39 is 10.0 Å². The Bertz CT molecular complexity index is 1030. The Labute approximate surface area is 158 Å². The van der Waals surface area contributed by atoms with Crippen molar-refractivity contribution in [2.45, 2.75) is 18.4 Å². The van der Waals surface area contributed by atoms with Crippen LogP contribution in [0.25, 0.3) is 11.5 Å². The average molecular weight is 388 g/mol. The highest BCUT2D eigenvalue weighted by Gasteiger charge is 2.19. The lowest BCUT2D eigenvalue weighted by Gasteiger charge is -2.10. The van der Waals surface area contributed by atoms with Crippen molar-refractivity contribution in [1.82, 2.24) is 9.71 Å². The van der Waals surface area contributed by atoms with Gasteiger partial charge in [0.15, 0.2) is 11.5 Å². The zero-order chi connectivity index (χ0) is 19.4. The summed E-state index contributed by atoms with van der Waals surface area (Å²) in [5, 5.41) is 0. The van der Waals surface area contributed by atoms with E-state index in [-0.39, 0.29) is 11.4 Å². The van der Waals surface area contributed by atoms with Crippen LogP contribution in [-0.2, 0) is 16.6 Å². The second-order valence-electron chi connectivity index (χ2n) is 5.73. The number of oxazole rings is 1. The molecule has 0 spiro atoms. The molecule has 0 bridgehead atoms. The van der Waals surface area contributed by atoms with E-state index in [4.69, 9.17) is 13.9 Å². The highest BCUT2D eigenvalue weighted by atomic mass is 32.2. The van der Waals surface area contributed by atoms with Crippen molar-refractivity contribution in [3.05, 3.63) is 60.0 Å². The molecule has 0 aliphatic heterocycles. The van der Waals surface area contributed by atoms with Crippen LogP contribution in [0, 0.1) is 6.92 Å². The van der Waals surface area contributed by atoms with Gasteiger partial charge in [0.05, 0.1) is 31.4 Å². The van der Waals surface area contributed by atoms with Crippen LogP contribution in [0.4, 0.5) is 0 Å². The number of aryl methyl sites for hydroxylation is 1. The first kappa shape index (κ1) is 18.9. The van der Waals surface area contributed by atoms with Gasteiger partial charge in [0.2, 0.25) is 15.9 Å². The van der Waals surface area contributed by atoms with Crippen LogP contribution in [0.5, 0.6) is 11.5 Å². The summed E-state index contributed by atoms with van der Waals surface area (Å²) in [5.74, 6) is 1.80. The number of aromatic nitrogens is 1. The summed E-state index contributed by atoms with van der Waals surface area (Å²) in [7, 11) is -0.817. The number of rotatable bonds is 7. The number of nitrogens with one attached hydrogen (secondary N) is 1. The second kappa shape index (κ2) is 7.81. The Morgan fingerprint density at radius 3 is 2.41 bits per heavy atom. The summed E-state index contributed by atoms with van der Waals surface area (Å²) in [5.41, 5.74) is 1.35. The normalized spacial score (nSPS) is 11.4. The molecule has 0 atom stereocenters. The number of sulfonamides is 1. The summed E-state index contributed by atoms with van der Waals surface area (Å²) in [4.78, 5) is 4.47. The molecule has 0 amide bonds. The zero-order valence-electron chi connectivity index (χ0n) is 15.2. The van der Waals surface area contributed by atoms with Crippen LogP contribution in [0.2, 0.25) is 0 Å². The van der Waals surface area contributed by atoms with Gasteiger partial charge in [-0.3, -0.25) is 0 Å². The molecule has 0 fully saturated rings. The second-order valence-corrected chi connectivity index (χ2v) is 7.50. The van der Waals surface area contributed by atoms with Crippen molar-refractivity contribution < 1.29 is 22.3 Å². The van der Waals surface area contributed by atoms with Crippen molar-refractivity contribution in [3.63, 3.8) is 0 Å². The largest absolute Gasteiger partial charge is 0.493 e. The van der Waals surface area contributed by atoms with Gasteiger partial charge in [-0.15, -0.1) is 0 Å². The van der Waals surface area contributed by atoms with Gasteiger partial charge < -0.3 is 13.9 Å². The summed E-state index contributed by atoms with van der Waals surface area (Å²) in [6, 6.07) is 13.8. The summed E-state index contributed by atoms with van der Waals surface area (Å²) in [6.07, 6.45) is 0. The highest BCUT2D eigenvalue weighted by Crippen LogP contribution is 2.29. The molecule has 27 heavy (non-hydrogen) atoms. The molecular weight excluding hydrogens is 368 g/mol. The maximum atomic E-state index is 12.6. The van der Waals surface area contributed by atoms with Gasteiger partial charge in [0.1, 0.15) is 5.76 Å². The molecule has 8 heteroatoms. The van der Waals surface area contributed by atoms with Crippen LogP contribution in [0.15, 0.2) is 57.8 Å². The molecule has 142 valence electrons. The highest BCUT2D eigenvalue weighted by molar-refractivity contribution is 7.89. The lowest BCUT2D eigenvalue weighted by atomic mass is 10.2. The molecule has 0 saturated carbocycles. The number of methoxy groups -OCH3 is 2. The minimum Gasteiger partial charge on any atom is -0.493 e. The van der Waals surface area contributed by atoms with E-state index in [9.17, 15) is 8.42 Å². The number of benzene rings is 2. The Kier molecular flexibility index (Phi) is 5.48. The lowest BCUT2D eigenvalue weighted by molar-refractivity contribution is 0.354. The molecule has 7 nitrogen and oxygen atoms in total. The molecule has 0 radical (unpaired) electrons. The Hall–Kier alpha value is -2.84. The van der Waals surface area contributed by atoms with Gasteiger partial charge in [-0.2, -0.15) is 0 Å². The monoisotopic (exact) mass is 388 g/mol. The molecule has 1 aromatic heterocycles. The van der Waals surface area contributed by atoms with Gasteiger partial charge in [0.25, 0.3) is 0 Å². The minimum absolute atomic E-state index is 0.0127. The quantitative estimate of drug-likeness (QED) is 0.669. The zero-order valence-corrected chi connectivity index (χ0v) is 16.0. The number of ether oxygens (including phenoxy) is 2. The van der Waals surface area contributed by atoms with E-state index in [0.29, 0.717) is 28.8 Å². The fourth-order valence-electron chi connectivity index (χ4n) is 2.53. The SMILES string of the molecule is COc1ccc(S(=O)(=O)NCc2nc(-c3ccccc3)oc2C)cc1OC.